The molecule has 8 heavy (non-hydrogen) atoms. The third-order valence-corrected chi connectivity index (χ3v) is 4.59. The summed E-state index contributed by atoms with van der Waals surface area (Å²) in [5.41, 5.74) is 0. The molecule has 46 valence electrons. The topological polar surface area (TPSA) is 0 Å². The maximum Gasteiger partial charge on any atom is 0.0794 e. The predicted molar refractivity (Wildman–Crippen MR) is 46.7 cm³/mol. The maximum absolute atomic E-state index is 3.54. The van der Waals surface area contributed by atoms with Gasteiger partial charge in [0.2, 0.25) is 0 Å². The third kappa shape index (κ3) is 1.45. The molecule has 0 saturated carbocycles. The fraction of sp³-hybridized carbons (Fsp3) is 0.600. The summed E-state index contributed by atoms with van der Waals surface area (Å²) in [7, 11) is 0. The first-order valence-corrected chi connectivity index (χ1v) is 5.48. The highest BCUT2D eigenvalue weighted by atomic mass is 79.9. The van der Waals surface area contributed by atoms with Gasteiger partial charge in [0.25, 0.3) is 0 Å². The van der Waals surface area contributed by atoms with Crippen LogP contribution in [0.5, 0.6) is 0 Å². The smallest absolute Gasteiger partial charge is 0.0794 e. The quantitative estimate of drug-likeness (QED) is 0.611. The van der Waals surface area contributed by atoms with E-state index in [1.54, 1.807) is 0 Å². The van der Waals surface area contributed by atoms with Gasteiger partial charge in [-0.2, -0.15) is 11.8 Å². The number of hydrogen-bond donors (Lipinski definition) is 0. The molecule has 1 heterocycles. The Labute approximate surface area is 66.6 Å². The SMILES string of the molecule is CSC1C=CSC1Br. The Balaban J connectivity index is 2.41. The van der Waals surface area contributed by atoms with Crippen molar-refractivity contribution in [2.75, 3.05) is 6.26 Å². The Hall–Kier alpha value is 0.920. The van der Waals surface area contributed by atoms with Gasteiger partial charge in [0.1, 0.15) is 0 Å². The molecule has 0 aromatic carbocycles. The molecule has 0 radical (unpaired) electrons. The molecule has 0 aromatic heterocycles. The van der Waals surface area contributed by atoms with Crippen molar-refractivity contribution in [1.29, 1.82) is 0 Å². The highest BCUT2D eigenvalue weighted by Crippen LogP contribution is 2.35. The van der Waals surface area contributed by atoms with Crippen LogP contribution >= 0.6 is 39.5 Å². The summed E-state index contributed by atoms with van der Waals surface area (Å²) in [6.45, 7) is 0. The second-order valence-corrected chi connectivity index (χ2v) is 5.18. The van der Waals surface area contributed by atoms with Crippen molar-refractivity contribution in [2.24, 2.45) is 0 Å². The van der Waals surface area contributed by atoms with Crippen molar-refractivity contribution in [3.05, 3.63) is 11.5 Å². The van der Waals surface area contributed by atoms with Crippen LogP contribution in [0, 0.1) is 0 Å². The monoisotopic (exact) mass is 210 g/mol. The summed E-state index contributed by atoms with van der Waals surface area (Å²) in [5.74, 6) is 0. The van der Waals surface area contributed by atoms with Crippen LogP contribution < -0.4 is 0 Å². The molecule has 0 amide bonds. The highest BCUT2D eigenvalue weighted by molar-refractivity contribution is 9.11. The summed E-state index contributed by atoms with van der Waals surface area (Å²) < 4.78 is 0.609. The van der Waals surface area contributed by atoms with Crippen LogP contribution in [0.25, 0.3) is 0 Å². The van der Waals surface area contributed by atoms with E-state index in [9.17, 15) is 0 Å². The summed E-state index contributed by atoms with van der Waals surface area (Å²) in [4.78, 5) is 0. The molecule has 2 atom stereocenters. The standard InChI is InChI=1S/C5H7BrS2/c1-7-4-2-3-8-5(4)6/h2-5H,1H3. The molecule has 0 spiro atoms. The van der Waals surface area contributed by atoms with E-state index >= 15 is 0 Å². The van der Waals surface area contributed by atoms with E-state index in [0.717, 1.165) is 0 Å². The van der Waals surface area contributed by atoms with E-state index in [1.165, 1.54) is 0 Å². The second-order valence-electron chi connectivity index (χ2n) is 1.52. The number of rotatable bonds is 1. The summed E-state index contributed by atoms with van der Waals surface area (Å²) >= 11 is 7.28. The first-order valence-electron chi connectivity index (χ1n) is 2.33. The molecule has 1 rings (SSSR count). The van der Waals surface area contributed by atoms with Gasteiger partial charge in [0.15, 0.2) is 0 Å². The van der Waals surface area contributed by atoms with Gasteiger partial charge < -0.3 is 0 Å². The molecule has 1 aliphatic rings. The van der Waals surface area contributed by atoms with Crippen molar-refractivity contribution in [1.82, 2.24) is 0 Å². The largest absolute Gasteiger partial charge is 0.156 e. The van der Waals surface area contributed by atoms with E-state index in [1.807, 2.05) is 23.5 Å². The summed E-state index contributed by atoms with van der Waals surface area (Å²) in [6.07, 6.45) is 4.36. The van der Waals surface area contributed by atoms with Crippen LogP contribution in [0.2, 0.25) is 0 Å². The Kier molecular flexibility index (Phi) is 2.80. The van der Waals surface area contributed by atoms with Crippen molar-refractivity contribution >= 4 is 39.5 Å². The lowest BCUT2D eigenvalue weighted by atomic mass is 10.5. The van der Waals surface area contributed by atoms with Gasteiger partial charge in [-0.1, -0.05) is 22.0 Å². The van der Waals surface area contributed by atoms with E-state index < -0.39 is 0 Å². The third-order valence-electron chi connectivity index (χ3n) is 1.01. The minimum absolute atomic E-state index is 0.609. The van der Waals surface area contributed by atoms with E-state index in [0.29, 0.717) is 9.41 Å². The van der Waals surface area contributed by atoms with Gasteiger partial charge >= 0.3 is 0 Å². The molecule has 0 fully saturated rings. The fourth-order valence-corrected chi connectivity index (χ4v) is 3.48. The lowest BCUT2D eigenvalue weighted by Gasteiger charge is -2.06. The molecule has 0 aliphatic carbocycles. The Morgan fingerprint density at radius 3 is 2.75 bits per heavy atom. The van der Waals surface area contributed by atoms with Crippen LogP contribution in [0.4, 0.5) is 0 Å². The highest BCUT2D eigenvalue weighted by Gasteiger charge is 2.18. The van der Waals surface area contributed by atoms with Crippen molar-refractivity contribution < 1.29 is 0 Å². The molecule has 3 heteroatoms. The van der Waals surface area contributed by atoms with Gasteiger partial charge in [-0.3, -0.25) is 0 Å². The lowest BCUT2D eigenvalue weighted by Crippen LogP contribution is -2.03. The van der Waals surface area contributed by atoms with Gasteiger partial charge in [0, 0.05) is 5.25 Å². The molecular formula is C5H7BrS2. The van der Waals surface area contributed by atoms with Crippen LogP contribution in [0.3, 0.4) is 0 Å². The molecule has 0 aromatic rings. The average molecular weight is 211 g/mol. The Bertz CT molecular complexity index is 103. The van der Waals surface area contributed by atoms with Gasteiger partial charge in [-0.15, -0.1) is 11.8 Å². The zero-order valence-electron chi connectivity index (χ0n) is 4.50. The molecule has 1 aliphatic heterocycles. The molecular weight excluding hydrogens is 204 g/mol. The van der Waals surface area contributed by atoms with Gasteiger partial charge in [-0.25, -0.2) is 0 Å². The van der Waals surface area contributed by atoms with Crippen molar-refractivity contribution in [3.8, 4) is 0 Å². The van der Waals surface area contributed by atoms with Crippen LogP contribution in [-0.4, -0.2) is 15.7 Å². The number of hydrogen-bond acceptors (Lipinski definition) is 2. The molecule has 0 saturated heterocycles. The Morgan fingerprint density at radius 2 is 2.50 bits per heavy atom. The first-order chi connectivity index (χ1) is 3.84. The van der Waals surface area contributed by atoms with Crippen LogP contribution in [-0.2, 0) is 0 Å². The van der Waals surface area contributed by atoms with E-state index in [2.05, 4.69) is 33.7 Å². The van der Waals surface area contributed by atoms with E-state index in [-0.39, 0.29) is 0 Å². The molecule has 0 nitrogen and oxygen atoms in total. The van der Waals surface area contributed by atoms with Crippen LogP contribution in [0.1, 0.15) is 0 Å². The normalized spacial score (nSPS) is 36.2. The van der Waals surface area contributed by atoms with Crippen molar-refractivity contribution in [2.45, 2.75) is 9.41 Å². The molecule has 0 bridgehead atoms. The van der Waals surface area contributed by atoms with Gasteiger partial charge in [0.05, 0.1) is 4.16 Å². The Morgan fingerprint density at radius 1 is 1.75 bits per heavy atom. The number of alkyl halides is 1. The second kappa shape index (κ2) is 3.18. The average Bonchev–Trinajstić information content (AvgIpc) is 2.14. The summed E-state index contributed by atoms with van der Waals surface area (Å²) in [5, 5.41) is 2.83. The number of halogens is 1. The van der Waals surface area contributed by atoms with E-state index in [4.69, 9.17) is 0 Å². The fourth-order valence-electron chi connectivity index (χ4n) is 0.548. The van der Waals surface area contributed by atoms with Crippen molar-refractivity contribution in [3.63, 3.8) is 0 Å². The molecule has 2 unspecified atom stereocenters. The lowest BCUT2D eigenvalue weighted by molar-refractivity contribution is 1.25. The predicted octanol–water partition coefficient (Wildman–Crippen LogP) is 2.70. The first kappa shape index (κ1) is 7.03. The number of thioether (sulfide) groups is 2. The zero-order chi connectivity index (χ0) is 5.98. The zero-order valence-corrected chi connectivity index (χ0v) is 7.72. The summed E-state index contributed by atoms with van der Waals surface area (Å²) in [6, 6.07) is 0. The minimum Gasteiger partial charge on any atom is -0.156 e. The van der Waals surface area contributed by atoms with Gasteiger partial charge in [-0.05, 0) is 11.7 Å². The minimum atomic E-state index is 0.609. The van der Waals surface area contributed by atoms with Crippen LogP contribution in [0.15, 0.2) is 11.5 Å². The molecule has 0 N–H and O–H groups in total. The maximum atomic E-state index is 3.54.